The van der Waals surface area contributed by atoms with Gasteiger partial charge in [0.25, 0.3) is 0 Å². The van der Waals surface area contributed by atoms with Crippen LogP contribution < -0.4 is 18.9 Å². The van der Waals surface area contributed by atoms with Gasteiger partial charge < -0.3 is 48.8 Å². The number of benzene rings is 2. The van der Waals surface area contributed by atoms with E-state index in [2.05, 4.69) is 0 Å². The minimum absolute atomic E-state index is 0.144. The minimum Gasteiger partial charge on any atom is -0.493 e. The molecule has 0 saturated carbocycles. The first kappa shape index (κ1) is 31.5. The van der Waals surface area contributed by atoms with Crippen LogP contribution in [0.5, 0.6) is 23.0 Å². The van der Waals surface area contributed by atoms with Gasteiger partial charge in [0, 0.05) is 41.7 Å². The maximum atomic E-state index is 11.6. The van der Waals surface area contributed by atoms with E-state index in [4.69, 9.17) is 38.6 Å². The molecule has 0 spiro atoms. The first-order chi connectivity index (χ1) is 18.1. The lowest BCUT2D eigenvalue weighted by molar-refractivity contribution is -0.248. The zero-order valence-electron chi connectivity index (χ0n) is 21.0. The number of carboxylic acid groups (broad SMARTS) is 1. The molecule has 1 aliphatic heterocycles. The number of aliphatic carboxylic acids is 1. The van der Waals surface area contributed by atoms with Crippen LogP contribution in [0.1, 0.15) is 22.3 Å². The van der Waals surface area contributed by atoms with E-state index in [1.54, 1.807) is 52.9 Å². The van der Waals surface area contributed by atoms with Crippen molar-refractivity contribution in [1.29, 1.82) is 0 Å². The minimum atomic E-state index is -1.05. The molecule has 2 aromatic rings. The monoisotopic (exact) mass is 650 g/mol. The van der Waals surface area contributed by atoms with Gasteiger partial charge in [0.05, 0.1) is 26.9 Å². The van der Waals surface area contributed by atoms with Crippen LogP contribution in [0.2, 0.25) is 0 Å². The number of carbonyl (C=O) groups excluding carboxylic acids is 1. The average molecular weight is 650 g/mol. The molecule has 13 heteroatoms. The van der Waals surface area contributed by atoms with Crippen molar-refractivity contribution in [2.24, 2.45) is 0 Å². The van der Waals surface area contributed by atoms with Crippen LogP contribution in [0, 0.1) is 0 Å². The van der Waals surface area contributed by atoms with Gasteiger partial charge in [0.15, 0.2) is 24.4 Å². The second-order valence-corrected chi connectivity index (χ2v) is 8.90. The number of rotatable bonds is 11. The van der Waals surface area contributed by atoms with Gasteiger partial charge in [-0.15, -0.1) is 0 Å². The maximum absolute atomic E-state index is 11.6. The molecule has 4 N–H and O–H groups in total. The van der Waals surface area contributed by atoms with E-state index in [-0.39, 0.29) is 23.4 Å². The van der Waals surface area contributed by atoms with Gasteiger partial charge in [0.2, 0.25) is 9.54 Å². The number of hydrogen-bond donors (Lipinski definition) is 4. The van der Waals surface area contributed by atoms with Crippen molar-refractivity contribution in [3.63, 3.8) is 0 Å². The summed E-state index contributed by atoms with van der Waals surface area (Å²) < 4.78 is 31.4. The Bertz CT molecular complexity index is 1040. The van der Waals surface area contributed by atoms with E-state index in [0.29, 0.717) is 28.6 Å². The third kappa shape index (κ3) is 9.25. The maximum Gasteiger partial charge on any atom is 0.341 e. The fourth-order valence-electron chi connectivity index (χ4n) is 3.38. The Balaban J connectivity index is 0.000000352. The van der Waals surface area contributed by atoms with Gasteiger partial charge in [-0.2, -0.15) is 0 Å². The number of aliphatic hydroxyl groups is 3. The molecule has 3 rings (SSSR count). The smallest absolute Gasteiger partial charge is 0.341 e. The molecule has 1 fully saturated rings. The van der Waals surface area contributed by atoms with Crippen LogP contribution in [-0.4, -0.2) is 89.3 Å². The zero-order valence-corrected chi connectivity index (χ0v) is 23.2. The number of hydrogen-bond acceptors (Lipinski definition) is 11. The highest BCUT2D eigenvalue weighted by atomic mass is 127. The summed E-state index contributed by atoms with van der Waals surface area (Å²) in [6.45, 7) is -0.565. The topological polar surface area (TPSA) is 170 Å². The van der Waals surface area contributed by atoms with Gasteiger partial charge in [0.1, 0.15) is 24.6 Å². The van der Waals surface area contributed by atoms with E-state index in [9.17, 15) is 19.8 Å². The molecule has 0 amide bonds. The van der Waals surface area contributed by atoms with Gasteiger partial charge in [-0.05, 0) is 29.8 Å². The summed E-state index contributed by atoms with van der Waals surface area (Å²) in [6.07, 6.45) is -2.98. The van der Waals surface area contributed by atoms with Crippen molar-refractivity contribution in [2.45, 2.75) is 37.6 Å². The second-order valence-electron chi connectivity index (χ2n) is 7.92. The number of methoxy groups -OCH3 is 3. The highest BCUT2D eigenvalue weighted by molar-refractivity contribution is 14.1. The summed E-state index contributed by atoms with van der Waals surface area (Å²) in [6, 6.07) is 10.1. The Morgan fingerprint density at radius 1 is 1.05 bits per heavy atom. The van der Waals surface area contributed by atoms with Crippen molar-refractivity contribution < 1.29 is 58.4 Å². The molecule has 1 heterocycles. The molecule has 1 aliphatic rings. The van der Waals surface area contributed by atoms with Gasteiger partial charge in [-0.1, -0.05) is 12.1 Å². The van der Waals surface area contributed by atoms with Crippen molar-refractivity contribution in [1.82, 2.24) is 0 Å². The molecule has 0 aliphatic carbocycles. The molecule has 0 unspecified atom stereocenters. The Morgan fingerprint density at radius 3 is 2.24 bits per heavy atom. The summed E-state index contributed by atoms with van der Waals surface area (Å²) in [5.41, 5.74) is 1.21. The molecular weight excluding hydrogens is 619 g/mol. The lowest BCUT2D eigenvalue weighted by Gasteiger charge is -2.35. The average Bonchev–Trinajstić information content (AvgIpc) is 2.92. The summed E-state index contributed by atoms with van der Waals surface area (Å²) in [5, 5.41) is 35.9. The molecule has 0 radical (unpaired) electrons. The lowest BCUT2D eigenvalue weighted by Crippen LogP contribution is -2.50. The van der Waals surface area contributed by atoms with Crippen LogP contribution in [0.15, 0.2) is 36.4 Å². The van der Waals surface area contributed by atoms with E-state index < -0.39 is 37.2 Å². The van der Waals surface area contributed by atoms with Crippen molar-refractivity contribution in [3.8, 4) is 23.0 Å². The van der Waals surface area contributed by atoms with Crippen LogP contribution in [0.3, 0.4) is 0 Å². The molecule has 1 saturated heterocycles. The molecule has 2 aromatic carbocycles. The van der Waals surface area contributed by atoms with E-state index in [1.807, 2.05) is 6.07 Å². The lowest BCUT2D eigenvalue weighted by atomic mass is 10.0. The molecule has 4 atom stereocenters. The summed E-state index contributed by atoms with van der Waals surface area (Å²) in [4.78, 5) is 22.2. The zero-order chi connectivity index (χ0) is 28.2. The van der Waals surface area contributed by atoms with Crippen molar-refractivity contribution >= 4 is 32.4 Å². The largest absolute Gasteiger partial charge is 0.493 e. The standard InChI is InChI=1S/C18H17IO7.C7H14O5/c1-23-14-7-12(18(19)22)8-15(24-2)17(14)26-9-11-4-3-5-13(6-11)25-10-16(20)21;1-11-6-2-4(9)7(10)5(3-8)12-6/h3-8H,9-10H2,1-2H3,(H,20,21);4-10H,2-3H2,1H3/t;4-,5-,6+,7+/m.1/s1. The molecule has 38 heavy (non-hydrogen) atoms. The highest BCUT2D eigenvalue weighted by Crippen LogP contribution is 2.39. The van der Waals surface area contributed by atoms with Gasteiger partial charge >= 0.3 is 5.97 Å². The van der Waals surface area contributed by atoms with E-state index in [0.717, 1.165) is 5.56 Å². The Kier molecular flexibility index (Phi) is 13.0. The summed E-state index contributed by atoms with van der Waals surface area (Å²) in [7, 11) is 4.40. The van der Waals surface area contributed by atoms with Gasteiger partial charge in [-0.25, -0.2) is 4.79 Å². The molecule has 12 nitrogen and oxygen atoms in total. The number of aliphatic hydroxyl groups excluding tert-OH is 3. The van der Waals surface area contributed by atoms with Crippen LogP contribution in [0.25, 0.3) is 0 Å². The first-order valence-corrected chi connectivity index (χ1v) is 12.4. The number of carboxylic acids is 1. The molecular formula is C25H31IO12. The predicted octanol–water partition coefficient (Wildman–Crippen LogP) is 1.78. The molecule has 0 bridgehead atoms. The summed E-state index contributed by atoms with van der Waals surface area (Å²) >= 11 is 1.69. The van der Waals surface area contributed by atoms with Crippen LogP contribution in [-0.2, 0) is 20.9 Å². The van der Waals surface area contributed by atoms with Crippen molar-refractivity contribution in [2.75, 3.05) is 34.5 Å². The van der Waals surface area contributed by atoms with Crippen molar-refractivity contribution in [3.05, 3.63) is 47.5 Å². The third-order valence-electron chi connectivity index (χ3n) is 5.31. The normalized spacial score (nSPS) is 20.5. The highest BCUT2D eigenvalue weighted by Gasteiger charge is 2.36. The SMILES string of the molecule is CO[C@@H]1C[C@@H](O)[C@H](O)[C@@H](CO)O1.COc1cc(C(=O)I)cc(OC)c1OCc1cccc(OCC(=O)O)c1. The quantitative estimate of drug-likeness (QED) is 0.206. The Morgan fingerprint density at radius 2 is 1.71 bits per heavy atom. The number of ether oxygens (including phenoxy) is 6. The Hall–Kier alpha value is -2.69. The van der Waals surface area contributed by atoms with Crippen LogP contribution >= 0.6 is 22.6 Å². The van der Waals surface area contributed by atoms with E-state index in [1.165, 1.54) is 21.3 Å². The molecule has 210 valence electrons. The number of carbonyl (C=O) groups is 2. The number of halogens is 1. The van der Waals surface area contributed by atoms with Crippen LogP contribution in [0.4, 0.5) is 0 Å². The van der Waals surface area contributed by atoms with E-state index >= 15 is 0 Å². The second kappa shape index (κ2) is 15.7. The predicted molar refractivity (Wildman–Crippen MR) is 141 cm³/mol. The fourth-order valence-corrected chi connectivity index (χ4v) is 3.69. The third-order valence-corrected chi connectivity index (χ3v) is 5.93. The van der Waals surface area contributed by atoms with Gasteiger partial charge in [-0.3, -0.25) is 4.79 Å². The first-order valence-electron chi connectivity index (χ1n) is 11.3. The molecule has 0 aromatic heterocycles. The fraction of sp³-hybridized carbons (Fsp3) is 0.440. The Labute approximate surface area is 233 Å². The summed E-state index contributed by atoms with van der Waals surface area (Å²) in [5.74, 6) is 0.503.